The van der Waals surface area contributed by atoms with E-state index < -0.39 is 0 Å². The Labute approximate surface area is 237 Å². The van der Waals surface area contributed by atoms with E-state index in [0.29, 0.717) is 40.7 Å². The molecule has 1 aliphatic carbocycles. The molecule has 1 spiro atoms. The lowest BCUT2D eigenvalue weighted by atomic mass is 9.80. The lowest BCUT2D eigenvalue weighted by Crippen LogP contribution is -2.56. The minimum atomic E-state index is -0.344. The Bertz CT molecular complexity index is 966. The Morgan fingerprint density at radius 1 is 1.03 bits per heavy atom. The summed E-state index contributed by atoms with van der Waals surface area (Å²) in [6, 6.07) is 0.637. The van der Waals surface area contributed by atoms with Crippen LogP contribution in [-0.2, 0) is 4.74 Å². The summed E-state index contributed by atoms with van der Waals surface area (Å²) in [7, 11) is 0. The highest BCUT2D eigenvalue weighted by atomic mass is 35.5. The number of pyridine rings is 1. The first kappa shape index (κ1) is 28.0. The summed E-state index contributed by atoms with van der Waals surface area (Å²) in [5.41, 5.74) is 0.00351. The molecule has 4 fully saturated rings. The Hall–Kier alpha value is -1.57. The van der Waals surface area contributed by atoms with Gasteiger partial charge in [0.2, 0.25) is 0 Å². The van der Waals surface area contributed by atoms with Crippen molar-refractivity contribution in [3.8, 4) is 0 Å². The van der Waals surface area contributed by atoms with Crippen molar-refractivity contribution in [1.29, 1.82) is 0 Å². The van der Waals surface area contributed by atoms with Crippen molar-refractivity contribution in [2.45, 2.75) is 102 Å². The van der Waals surface area contributed by atoms with Crippen LogP contribution in [0.25, 0.3) is 0 Å². The van der Waals surface area contributed by atoms with Crippen LogP contribution in [0, 0.1) is 5.92 Å². The van der Waals surface area contributed by atoms with E-state index in [0.717, 1.165) is 64.6 Å². The molecule has 38 heavy (non-hydrogen) atoms. The predicted molar refractivity (Wildman–Crippen MR) is 150 cm³/mol. The average molecular weight is 566 g/mol. The molecule has 7 nitrogen and oxygen atoms in total. The van der Waals surface area contributed by atoms with E-state index in [-0.39, 0.29) is 23.6 Å². The highest BCUT2D eigenvalue weighted by Crippen LogP contribution is 2.43. The van der Waals surface area contributed by atoms with Gasteiger partial charge in [0.05, 0.1) is 21.7 Å². The lowest BCUT2D eigenvalue weighted by molar-refractivity contribution is -0.0385. The summed E-state index contributed by atoms with van der Waals surface area (Å²) in [6.45, 7) is 6.34. The Kier molecular flexibility index (Phi) is 9.06. The molecule has 3 aliphatic heterocycles. The second-order valence-electron chi connectivity index (χ2n) is 11.8. The third kappa shape index (κ3) is 5.80. The van der Waals surface area contributed by atoms with Crippen LogP contribution in [0.15, 0.2) is 12.4 Å². The zero-order valence-corrected chi connectivity index (χ0v) is 24.2. The number of hydrogen-bond donors (Lipinski definition) is 0. The van der Waals surface area contributed by atoms with Gasteiger partial charge in [-0.05, 0) is 38.0 Å². The summed E-state index contributed by atoms with van der Waals surface area (Å²) in [5, 5.41) is 0.597. The Morgan fingerprint density at radius 3 is 2.32 bits per heavy atom. The molecule has 0 bridgehead atoms. The number of aromatic nitrogens is 1. The van der Waals surface area contributed by atoms with E-state index in [4.69, 9.17) is 27.9 Å². The van der Waals surface area contributed by atoms with Crippen LogP contribution in [0.4, 0.5) is 4.79 Å². The van der Waals surface area contributed by atoms with Gasteiger partial charge in [-0.25, -0.2) is 4.79 Å². The molecule has 3 saturated heterocycles. The fraction of sp³-hybridized carbons (Fsp3) is 0.759. The van der Waals surface area contributed by atoms with Gasteiger partial charge in [-0.3, -0.25) is 14.7 Å². The van der Waals surface area contributed by atoms with Crippen LogP contribution < -0.4 is 0 Å². The topological polar surface area (TPSA) is 66.0 Å². The van der Waals surface area contributed by atoms with E-state index in [2.05, 4.69) is 21.7 Å². The highest BCUT2D eigenvalue weighted by molar-refractivity contribution is 6.39. The van der Waals surface area contributed by atoms with Crippen molar-refractivity contribution in [2.24, 2.45) is 5.92 Å². The molecular weight excluding hydrogens is 523 g/mol. The number of piperidine rings is 2. The molecule has 0 N–H and O–H groups in total. The second kappa shape index (κ2) is 12.3. The molecule has 0 aromatic carbocycles. The van der Waals surface area contributed by atoms with Crippen LogP contribution in [0.2, 0.25) is 10.0 Å². The summed E-state index contributed by atoms with van der Waals surface area (Å²) in [6.07, 6.45) is 16.2. The van der Waals surface area contributed by atoms with Crippen molar-refractivity contribution in [3.05, 3.63) is 28.0 Å². The van der Waals surface area contributed by atoms with E-state index in [1.54, 1.807) is 0 Å². The normalized spacial score (nSPS) is 25.2. The third-order valence-electron chi connectivity index (χ3n) is 9.50. The number of amides is 2. The standard InChI is InChI=1S/C29H42Cl2N4O3/c1-2-3-9-25-29(38-28(37)35(25)20-21-7-5-4-6-8-21)12-16-33(17-13-29)22-10-14-34(15-11-22)27(36)26-23(30)18-32-19-24(26)31/h18-19,21-22,25H,2-17,20H2,1H3. The van der Waals surface area contributed by atoms with Crippen LogP contribution in [0.1, 0.15) is 94.3 Å². The first-order valence-electron chi connectivity index (χ1n) is 14.7. The summed E-state index contributed by atoms with van der Waals surface area (Å²) < 4.78 is 6.29. The van der Waals surface area contributed by atoms with Crippen molar-refractivity contribution in [3.63, 3.8) is 0 Å². The van der Waals surface area contributed by atoms with Crippen LogP contribution in [0.5, 0.6) is 0 Å². The van der Waals surface area contributed by atoms with E-state index in [1.165, 1.54) is 44.5 Å². The minimum Gasteiger partial charge on any atom is -0.440 e. The molecule has 5 rings (SSSR count). The number of carbonyl (C=O) groups excluding carboxylic acids is 2. The van der Waals surface area contributed by atoms with Gasteiger partial charge >= 0.3 is 6.09 Å². The van der Waals surface area contributed by atoms with E-state index in [9.17, 15) is 9.59 Å². The van der Waals surface area contributed by atoms with Gasteiger partial charge in [0.15, 0.2) is 0 Å². The number of halogens is 2. The SMILES string of the molecule is CCCCC1N(CC2CCCCC2)C(=O)OC12CCN(C1CCN(C(=O)c3c(Cl)cncc3Cl)CC1)CC2. The van der Waals surface area contributed by atoms with Gasteiger partial charge in [0, 0.05) is 64.0 Å². The zero-order chi connectivity index (χ0) is 26.7. The maximum Gasteiger partial charge on any atom is 0.410 e. The van der Waals surface area contributed by atoms with Gasteiger partial charge in [-0.15, -0.1) is 0 Å². The van der Waals surface area contributed by atoms with Gasteiger partial charge in [0.1, 0.15) is 5.60 Å². The quantitative estimate of drug-likeness (QED) is 0.382. The van der Waals surface area contributed by atoms with Gasteiger partial charge in [0.25, 0.3) is 5.91 Å². The molecule has 4 heterocycles. The Balaban J connectivity index is 1.18. The molecule has 1 unspecified atom stereocenters. The van der Waals surface area contributed by atoms with Crippen molar-refractivity contribution < 1.29 is 14.3 Å². The minimum absolute atomic E-state index is 0.0784. The van der Waals surface area contributed by atoms with Crippen LogP contribution in [-0.4, -0.2) is 82.1 Å². The molecule has 2 amide bonds. The van der Waals surface area contributed by atoms with Crippen LogP contribution in [0.3, 0.4) is 0 Å². The summed E-state index contributed by atoms with van der Waals surface area (Å²) in [5.74, 6) is 0.508. The van der Waals surface area contributed by atoms with Gasteiger partial charge in [-0.2, -0.15) is 0 Å². The number of ether oxygens (including phenoxy) is 1. The van der Waals surface area contributed by atoms with Gasteiger partial charge in [-0.1, -0.05) is 62.2 Å². The number of hydrogen-bond acceptors (Lipinski definition) is 5. The van der Waals surface area contributed by atoms with E-state index >= 15 is 0 Å². The predicted octanol–water partition coefficient (Wildman–Crippen LogP) is 6.42. The number of unbranched alkanes of at least 4 members (excludes halogenated alkanes) is 1. The maximum absolute atomic E-state index is 13.2. The fourth-order valence-corrected chi connectivity index (χ4v) is 7.81. The molecule has 9 heteroatoms. The number of rotatable bonds is 7. The summed E-state index contributed by atoms with van der Waals surface area (Å²) in [4.78, 5) is 36.8. The fourth-order valence-electron chi connectivity index (χ4n) is 7.29. The molecular formula is C29H42Cl2N4O3. The van der Waals surface area contributed by atoms with Crippen molar-refractivity contribution in [2.75, 3.05) is 32.7 Å². The Morgan fingerprint density at radius 2 is 1.68 bits per heavy atom. The smallest absolute Gasteiger partial charge is 0.410 e. The average Bonchev–Trinajstić information content (AvgIpc) is 3.17. The summed E-state index contributed by atoms with van der Waals surface area (Å²) >= 11 is 12.5. The zero-order valence-electron chi connectivity index (χ0n) is 22.7. The number of nitrogens with zero attached hydrogens (tertiary/aromatic N) is 4. The molecule has 0 radical (unpaired) electrons. The monoisotopic (exact) mass is 564 g/mol. The number of carbonyl (C=O) groups is 2. The molecule has 1 atom stereocenters. The molecule has 210 valence electrons. The second-order valence-corrected chi connectivity index (χ2v) is 12.6. The first-order valence-corrected chi connectivity index (χ1v) is 15.5. The lowest BCUT2D eigenvalue weighted by Gasteiger charge is -2.46. The molecule has 1 saturated carbocycles. The largest absolute Gasteiger partial charge is 0.440 e. The molecule has 4 aliphatic rings. The maximum atomic E-state index is 13.2. The van der Waals surface area contributed by atoms with Crippen LogP contribution >= 0.6 is 23.2 Å². The molecule has 1 aromatic rings. The third-order valence-corrected chi connectivity index (χ3v) is 10.1. The van der Waals surface area contributed by atoms with Crippen molar-refractivity contribution in [1.82, 2.24) is 19.7 Å². The first-order chi connectivity index (χ1) is 18.4. The number of likely N-dealkylation sites (tertiary alicyclic amines) is 2. The highest BCUT2D eigenvalue weighted by Gasteiger charge is 2.55. The van der Waals surface area contributed by atoms with Crippen molar-refractivity contribution >= 4 is 35.2 Å². The molecule has 1 aromatic heterocycles. The van der Waals surface area contributed by atoms with E-state index in [1.807, 2.05) is 4.90 Å². The van der Waals surface area contributed by atoms with Gasteiger partial charge < -0.3 is 14.5 Å².